The molecule has 7 heteroatoms. The van der Waals surface area contributed by atoms with Crippen LogP contribution in [0.2, 0.25) is 0 Å². The molecule has 7 nitrogen and oxygen atoms in total. The summed E-state index contributed by atoms with van der Waals surface area (Å²) in [4.78, 5) is 16.5. The number of hydrogen-bond donors (Lipinski definition) is 1. The molecule has 1 fully saturated rings. The van der Waals surface area contributed by atoms with Crippen molar-refractivity contribution < 1.29 is 18.8 Å². The zero-order valence-corrected chi connectivity index (χ0v) is 19.5. The van der Waals surface area contributed by atoms with Gasteiger partial charge in [0.1, 0.15) is 5.75 Å². The summed E-state index contributed by atoms with van der Waals surface area (Å²) in [6.07, 6.45) is 3.20. The van der Waals surface area contributed by atoms with Crippen LogP contribution in [0, 0.1) is 0 Å². The van der Waals surface area contributed by atoms with Crippen LogP contribution in [-0.4, -0.2) is 34.9 Å². The first-order valence-electron chi connectivity index (χ1n) is 11.5. The summed E-state index contributed by atoms with van der Waals surface area (Å²) in [6, 6.07) is 16.1. The molecule has 1 N–H and O–H groups in total. The Labute approximate surface area is 194 Å². The fraction of sp³-hybridized carbons (Fsp3) is 0.423. The first kappa shape index (κ1) is 23.0. The predicted molar refractivity (Wildman–Crippen MR) is 125 cm³/mol. The van der Waals surface area contributed by atoms with E-state index in [2.05, 4.69) is 27.6 Å². The van der Waals surface area contributed by atoms with Crippen molar-refractivity contribution >= 4 is 5.97 Å². The second-order valence-corrected chi connectivity index (χ2v) is 8.83. The van der Waals surface area contributed by atoms with Gasteiger partial charge in [-0.2, -0.15) is 4.98 Å². The highest BCUT2D eigenvalue weighted by atomic mass is 16.6. The maximum Gasteiger partial charge on any atom is 0.349 e. The van der Waals surface area contributed by atoms with Gasteiger partial charge in [-0.25, -0.2) is 4.79 Å². The molecule has 1 aromatic heterocycles. The van der Waals surface area contributed by atoms with E-state index in [1.54, 1.807) is 20.8 Å². The van der Waals surface area contributed by atoms with E-state index in [4.69, 9.17) is 14.0 Å². The van der Waals surface area contributed by atoms with Crippen LogP contribution in [0.1, 0.15) is 56.5 Å². The number of nitrogens with one attached hydrogen (secondary N) is 1. The molecular formula is C26H31N3O4. The summed E-state index contributed by atoms with van der Waals surface area (Å²) in [5, 5.41) is 7.57. The molecule has 1 saturated carbocycles. The number of ether oxygens (including phenoxy) is 2. The first-order chi connectivity index (χ1) is 15.9. The quantitative estimate of drug-likeness (QED) is 0.336. The molecule has 0 saturated heterocycles. The van der Waals surface area contributed by atoms with Crippen molar-refractivity contribution in [3.05, 3.63) is 65.5 Å². The SMILES string of the molecule is CCOC(=O)C(C)(C)Oc1ccc(CCNCc2ccc(-c3noc(C4CC4)n3)cc2)cc1. The topological polar surface area (TPSA) is 86.5 Å². The number of nitrogens with zero attached hydrogens (tertiary/aromatic N) is 2. The van der Waals surface area contributed by atoms with Crippen LogP contribution < -0.4 is 10.1 Å². The van der Waals surface area contributed by atoms with Crippen molar-refractivity contribution in [2.45, 2.75) is 58.1 Å². The van der Waals surface area contributed by atoms with Crippen molar-refractivity contribution in [1.82, 2.24) is 15.5 Å². The summed E-state index contributed by atoms with van der Waals surface area (Å²) in [5.41, 5.74) is 2.36. The van der Waals surface area contributed by atoms with Crippen LogP contribution in [0.4, 0.5) is 0 Å². The van der Waals surface area contributed by atoms with Crippen molar-refractivity contribution in [3.8, 4) is 17.1 Å². The fourth-order valence-corrected chi connectivity index (χ4v) is 3.45. The van der Waals surface area contributed by atoms with Crippen LogP contribution >= 0.6 is 0 Å². The molecule has 0 atom stereocenters. The van der Waals surface area contributed by atoms with Crippen molar-refractivity contribution in [3.63, 3.8) is 0 Å². The maximum atomic E-state index is 12.0. The Morgan fingerprint density at radius 2 is 1.79 bits per heavy atom. The van der Waals surface area contributed by atoms with E-state index in [1.807, 2.05) is 36.4 Å². The zero-order valence-electron chi connectivity index (χ0n) is 19.5. The standard InChI is InChI=1S/C26H31N3O4/c1-4-31-25(30)26(2,3)32-22-13-7-18(8-14-22)15-16-27-17-19-5-9-20(10-6-19)23-28-24(33-29-23)21-11-12-21/h5-10,13-14,21,27H,4,11-12,15-17H2,1-3H3. The van der Waals surface area contributed by atoms with Gasteiger partial charge < -0.3 is 19.3 Å². The van der Waals surface area contributed by atoms with E-state index >= 15 is 0 Å². The Balaban J connectivity index is 1.20. The zero-order chi connectivity index (χ0) is 23.3. The van der Waals surface area contributed by atoms with Crippen LogP contribution in [0.3, 0.4) is 0 Å². The number of esters is 1. The molecule has 0 bridgehead atoms. The van der Waals surface area contributed by atoms with Crippen LogP contribution in [0.15, 0.2) is 53.1 Å². The summed E-state index contributed by atoms with van der Waals surface area (Å²) in [5.74, 6) is 2.17. The van der Waals surface area contributed by atoms with Gasteiger partial charge in [0, 0.05) is 18.0 Å². The Kier molecular flexibility index (Phi) is 7.08. The largest absolute Gasteiger partial charge is 0.476 e. The summed E-state index contributed by atoms with van der Waals surface area (Å²) >= 11 is 0. The van der Waals surface area contributed by atoms with Crippen LogP contribution in [-0.2, 0) is 22.5 Å². The van der Waals surface area contributed by atoms with Crippen molar-refractivity contribution in [2.75, 3.05) is 13.2 Å². The van der Waals surface area contributed by atoms with E-state index in [-0.39, 0.29) is 5.97 Å². The van der Waals surface area contributed by atoms with Gasteiger partial charge in [-0.05, 0) is 69.8 Å². The number of rotatable bonds is 11. The lowest BCUT2D eigenvalue weighted by atomic mass is 10.1. The molecule has 0 spiro atoms. The minimum absolute atomic E-state index is 0.335. The molecule has 174 valence electrons. The number of carbonyl (C=O) groups excluding carboxylic acids is 1. The highest BCUT2D eigenvalue weighted by Crippen LogP contribution is 2.39. The van der Waals surface area contributed by atoms with Gasteiger partial charge in [0.2, 0.25) is 11.7 Å². The van der Waals surface area contributed by atoms with Gasteiger partial charge in [0.05, 0.1) is 6.61 Å². The lowest BCUT2D eigenvalue weighted by molar-refractivity contribution is -0.158. The van der Waals surface area contributed by atoms with Crippen molar-refractivity contribution in [1.29, 1.82) is 0 Å². The van der Waals surface area contributed by atoms with E-state index in [9.17, 15) is 4.79 Å². The van der Waals surface area contributed by atoms with Gasteiger partial charge in [-0.15, -0.1) is 0 Å². The molecule has 3 aromatic rings. The monoisotopic (exact) mass is 449 g/mol. The second kappa shape index (κ2) is 10.2. The number of hydrogen-bond acceptors (Lipinski definition) is 7. The Hall–Kier alpha value is -3.19. The molecule has 0 unspecified atom stereocenters. The lowest BCUT2D eigenvalue weighted by Crippen LogP contribution is -2.39. The van der Waals surface area contributed by atoms with Crippen molar-refractivity contribution in [2.24, 2.45) is 0 Å². The Morgan fingerprint density at radius 1 is 1.09 bits per heavy atom. The summed E-state index contributed by atoms with van der Waals surface area (Å²) < 4.78 is 16.2. The van der Waals surface area contributed by atoms with Gasteiger partial charge in [-0.3, -0.25) is 0 Å². The van der Waals surface area contributed by atoms with E-state index in [0.717, 1.165) is 43.8 Å². The second-order valence-electron chi connectivity index (χ2n) is 8.83. The maximum absolute atomic E-state index is 12.0. The number of carbonyl (C=O) groups is 1. The Bertz CT molecular complexity index is 1050. The molecule has 1 heterocycles. The van der Waals surface area contributed by atoms with Gasteiger partial charge in [-0.1, -0.05) is 41.6 Å². The van der Waals surface area contributed by atoms with Gasteiger partial charge in [0.25, 0.3) is 0 Å². The molecule has 33 heavy (non-hydrogen) atoms. The van der Waals surface area contributed by atoms with Gasteiger partial charge >= 0.3 is 5.97 Å². The van der Waals surface area contributed by atoms with E-state index in [1.165, 1.54) is 11.1 Å². The number of aromatic nitrogens is 2. The number of benzene rings is 2. The summed E-state index contributed by atoms with van der Waals surface area (Å²) in [6.45, 7) is 7.18. The highest BCUT2D eigenvalue weighted by Gasteiger charge is 2.31. The molecule has 4 rings (SSSR count). The third-order valence-corrected chi connectivity index (χ3v) is 5.56. The molecule has 2 aromatic carbocycles. The summed E-state index contributed by atoms with van der Waals surface area (Å²) in [7, 11) is 0. The average Bonchev–Trinajstić information content (AvgIpc) is 3.55. The fourth-order valence-electron chi connectivity index (χ4n) is 3.45. The van der Waals surface area contributed by atoms with Gasteiger partial charge in [0.15, 0.2) is 5.60 Å². The van der Waals surface area contributed by atoms with Crippen LogP contribution in [0.5, 0.6) is 5.75 Å². The van der Waals surface area contributed by atoms with E-state index in [0.29, 0.717) is 24.1 Å². The molecular weight excluding hydrogens is 418 g/mol. The van der Waals surface area contributed by atoms with Crippen LogP contribution in [0.25, 0.3) is 11.4 Å². The van der Waals surface area contributed by atoms with E-state index < -0.39 is 5.60 Å². The molecule has 1 aliphatic rings. The lowest BCUT2D eigenvalue weighted by Gasteiger charge is -2.24. The minimum atomic E-state index is -1.02. The smallest absolute Gasteiger partial charge is 0.349 e. The first-order valence-corrected chi connectivity index (χ1v) is 11.5. The average molecular weight is 450 g/mol. The molecule has 0 radical (unpaired) electrons. The Morgan fingerprint density at radius 3 is 2.45 bits per heavy atom. The predicted octanol–water partition coefficient (Wildman–Crippen LogP) is 4.67. The third kappa shape index (κ3) is 6.20. The third-order valence-electron chi connectivity index (χ3n) is 5.56. The highest BCUT2D eigenvalue weighted by molar-refractivity contribution is 5.79. The molecule has 1 aliphatic carbocycles. The normalized spacial score (nSPS) is 13.7. The molecule has 0 amide bonds. The molecule has 0 aliphatic heterocycles. The minimum Gasteiger partial charge on any atom is -0.476 e.